The van der Waals surface area contributed by atoms with Gasteiger partial charge in [0.05, 0.1) is 22.9 Å². The molecule has 0 atom stereocenters. The Balaban J connectivity index is 1.88. The van der Waals surface area contributed by atoms with Crippen LogP contribution in [0.2, 0.25) is 0 Å². The van der Waals surface area contributed by atoms with Crippen LogP contribution in [0.5, 0.6) is 0 Å². The number of pyridine rings is 1. The van der Waals surface area contributed by atoms with Gasteiger partial charge in [-0.25, -0.2) is 4.98 Å². The molecule has 0 fully saturated rings. The molecule has 0 amide bonds. The molecule has 0 aliphatic rings. The molecular weight excluding hydrogens is 246 g/mol. The van der Waals surface area contributed by atoms with Crippen molar-refractivity contribution in [2.24, 2.45) is 0 Å². The predicted molar refractivity (Wildman–Crippen MR) is 80.6 cm³/mol. The number of hydrogen-bond donors (Lipinski definition) is 0. The maximum atomic E-state index is 4.57. The summed E-state index contributed by atoms with van der Waals surface area (Å²) in [5.74, 6) is 0. The molecule has 2 aromatic carbocycles. The maximum absolute atomic E-state index is 4.57. The number of nitrogens with zero attached hydrogens (tertiary/aromatic N) is 3. The van der Waals surface area contributed by atoms with Crippen LogP contribution in [-0.2, 0) is 6.54 Å². The van der Waals surface area contributed by atoms with Crippen molar-refractivity contribution in [2.45, 2.75) is 6.54 Å². The van der Waals surface area contributed by atoms with Gasteiger partial charge < -0.3 is 4.57 Å². The first kappa shape index (κ1) is 11.2. The third kappa shape index (κ3) is 1.75. The lowest BCUT2D eigenvalue weighted by Crippen LogP contribution is -1.97. The second kappa shape index (κ2) is 4.46. The molecular formula is C17H13N3. The number of imidazole rings is 1. The largest absolute Gasteiger partial charge is 0.326 e. The van der Waals surface area contributed by atoms with Gasteiger partial charge in [0.15, 0.2) is 0 Å². The van der Waals surface area contributed by atoms with Crippen molar-refractivity contribution < 1.29 is 0 Å². The average molecular weight is 259 g/mol. The molecule has 4 rings (SSSR count). The molecule has 96 valence electrons. The lowest BCUT2D eigenvalue weighted by Gasteiger charge is -2.05. The first-order chi connectivity index (χ1) is 9.92. The lowest BCUT2D eigenvalue weighted by molar-refractivity contribution is 0.824. The van der Waals surface area contributed by atoms with Gasteiger partial charge in [0.2, 0.25) is 0 Å². The molecule has 0 N–H and O–H groups in total. The van der Waals surface area contributed by atoms with Crippen LogP contribution in [0, 0.1) is 0 Å². The second-order valence-electron chi connectivity index (χ2n) is 4.86. The Bertz CT molecular complexity index is 878. The van der Waals surface area contributed by atoms with Crippen molar-refractivity contribution >= 4 is 21.9 Å². The summed E-state index contributed by atoms with van der Waals surface area (Å²) in [5.41, 5.74) is 4.43. The van der Waals surface area contributed by atoms with Crippen molar-refractivity contribution in [2.75, 3.05) is 0 Å². The van der Waals surface area contributed by atoms with Crippen LogP contribution in [0.15, 0.2) is 67.1 Å². The van der Waals surface area contributed by atoms with Gasteiger partial charge in [-0.05, 0) is 29.8 Å². The smallest absolute Gasteiger partial charge is 0.0978 e. The Hall–Kier alpha value is -2.68. The molecule has 0 radical (unpaired) electrons. The molecule has 20 heavy (non-hydrogen) atoms. The fourth-order valence-electron chi connectivity index (χ4n) is 2.59. The number of aromatic nitrogens is 3. The minimum atomic E-state index is 0.836. The first-order valence-electron chi connectivity index (χ1n) is 6.64. The minimum absolute atomic E-state index is 0.836. The van der Waals surface area contributed by atoms with E-state index in [1.165, 1.54) is 5.56 Å². The maximum Gasteiger partial charge on any atom is 0.0978 e. The molecule has 0 saturated carbocycles. The minimum Gasteiger partial charge on any atom is -0.326 e. The van der Waals surface area contributed by atoms with E-state index in [1.807, 2.05) is 24.7 Å². The summed E-state index contributed by atoms with van der Waals surface area (Å²) in [4.78, 5) is 8.94. The monoisotopic (exact) mass is 259 g/mol. The molecule has 0 spiro atoms. The van der Waals surface area contributed by atoms with E-state index in [9.17, 15) is 0 Å². The van der Waals surface area contributed by atoms with Crippen LogP contribution in [0.3, 0.4) is 0 Å². The van der Waals surface area contributed by atoms with Gasteiger partial charge in [-0.3, -0.25) is 4.98 Å². The van der Waals surface area contributed by atoms with Gasteiger partial charge in [0.1, 0.15) is 0 Å². The van der Waals surface area contributed by atoms with Gasteiger partial charge in [-0.1, -0.05) is 30.3 Å². The third-order valence-electron chi connectivity index (χ3n) is 3.57. The molecule has 0 aliphatic heterocycles. The van der Waals surface area contributed by atoms with Crippen LogP contribution in [0.25, 0.3) is 21.9 Å². The van der Waals surface area contributed by atoms with Crippen molar-refractivity contribution in [3.05, 3.63) is 72.7 Å². The van der Waals surface area contributed by atoms with E-state index in [1.54, 1.807) is 0 Å². The van der Waals surface area contributed by atoms with Gasteiger partial charge in [-0.15, -0.1) is 0 Å². The topological polar surface area (TPSA) is 30.7 Å². The van der Waals surface area contributed by atoms with Crippen molar-refractivity contribution in [1.82, 2.24) is 14.5 Å². The van der Waals surface area contributed by atoms with Crippen molar-refractivity contribution in [1.29, 1.82) is 0 Å². The quantitative estimate of drug-likeness (QED) is 0.550. The number of benzene rings is 2. The fourth-order valence-corrected chi connectivity index (χ4v) is 2.59. The third-order valence-corrected chi connectivity index (χ3v) is 3.57. The Kier molecular flexibility index (Phi) is 2.49. The van der Waals surface area contributed by atoms with E-state index in [0.29, 0.717) is 0 Å². The van der Waals surface area contributed by atoms with E-state index in [2.05, 4.69) is 57.0 Å². The zero-order chi connectivity index (χ0) is 13.4. The molecule has 0 bridgehead atoms. The molecule has 4 aromatic rings. The average Bonchev–Trinajstić information content (AvgIpc) is 2.92. The summed E-state index contributed by atoms with van der Waals surface area (Å²) < 4.78 is 2.18. The highest BCUT2D eigenvalue weighted by molar-refractivity contribution is 6.02. The van der Waals surface area contributed by atoms with Gasteiger partial charge in [-0.2, -0.15) is 0 Å². The zero-order valence-electron chi connectivity index (χ0n) is 10.9. The van der Waals surface area contributed by atoms with E-state index < -0.39 is 0 Å². The molecule has 2 heterocycles. The molecule has 3 nitrogen and oxygen atoms in total. The molecule has 3 heteroatoms. The van der Waals surface area contributed by atoms with Gasteiger partial charge >= 0.3 is 0 Å². The van der Waals surface area contributed by atoms with Gasteiger partial charge in [0, 0.05) is 18.1 Å². The Morgan fingerprint density at radius 3 is 2.65 bits per heavy atom. The predicted octanol–water partition coefficient (Wildman–Crippen LogP) is 3.63. The van der Waals surface area contributed by atoms with E-state index in [4.69, 9.17) is 0 Å². The Labute approximate surface area is 116 Å². The Morgan fingerprint density at radius 1 is 0.850 bits per heavy atom. The summed E-state index contributed by atoms with van der Waals surface area (Å²) in [6.45, 7) is 0.836. The first-order valence-corrected chi connectivity index (χ1v) is 6.64. The van der Waals surface area contributed by atoms with Crippen molar-refractivity contribution in [3.8, 4) is 0 Å². The van der Waals surface area contributed by atoms with Crippen molar-refractivity contribution in [3.63, 3.8) is 0 Å². The zero-order valence-corrected chi connectivity index (χ0v) is 10.9. The molecule has 0 saturated heterocycles. The van der Waals surface area contributed by atoms with Crippen LogP contribution in [0.1, 0.15) is 5.56 Å². The SMILES string of the molecule is c1ccc(Cn2cnc3c4cccnc4ccc32)cc1. The summed E-state index contributed by atoms with van der Waals surface area (Å²) >= 11 is 0. The van der Waals surface area contributed by atoms with E-state index >= 15 is 0 Å². The summed E-state index contributed by atoms with van der Waals surface area (Å²) in [7, 11) is 0. The van der Waals surface area contributed by atoms with Crippen LogP contribution < -0.4 is 0 Å². The van der Waals surface area contributed by atoms with E-state index in [-0.39, 0.29) is 0 Å². The molecule has 0 aliphatic carbocycles. The summed E-state index contributed by atoms with van der Waals surface area (Å²) in [6.07, 6.45) is 3.72. The van der Waals surface area contributed by atoms with Gasteiger partial charge in [0.25, 0.3) is 0 Å². The highest BCUT2D eigenvalue weighted by atomic mass is 15.0. The number of fused-ring (bicyclic) bond motifs is 3. The highest BCUT2D eigenvalue weighted by Gasteiger charge is 2.07. The summed E-state index contributed by atoms with van der Waals surface area (Å²) in [5, 5.41) is 1.11. The highest BCUT2D eigenvalue weighted by Crippen LogP contribution is 2.23. The molecule has 2 aromatic heterocycles. The number of hydrogen-bond acceptors (Lipinski definition) is 2. The standard InChI is InChI=1S/C17H13N3/c1-2-5-13(6-3-1)11-20-12-19-17-14-7-4-10-18-15(14)8-9-16(17)20/h1-10,12H,11H2. The van der Waals surface area contributed by atoms with Crippen LogP contribution >= 0.6 is 0 Å². The van der Waals surface area contributed by atoms with Crippen LogP contribution in [0.4, 0.5) is 0 Å². The normalized spacial score (nSPS) is 11.2. The lowest BCUT2D eigenvalue weighted by atomic mass is 10.2. The van der Waals surface area contributed by atoms with E-state index in [0.717, 1.165) is 28.5 Å². The second-order valence-corrected chi connectivity index (χ2v) is 4.86. The van der Waals surface area contributed by atoms with Crippen LogP contribution in [-0.4, -0.2) is 14.5 Å². The Morgan fingerprint density at radius 2 is 1.75 bits per heavy atom. The fraction of sp³-hybridized carbons (Fsp3) is 0.0588. The molecule has 0 unspecified atom stereocenters. The number of rotatable bonds is 2. The summed E-state index contributed by atoms with van der Waals surface area (Å²) in [6, 6.07) is 18.6.